The summed E-state index contributed by atoms with van der Waals surface area (Å²) in [6.07, 6.45) is 21.2. The van der Waals surface area contributed by atoms with Crippen LogP contribution < -0.4 is 0 Å². The van der Waals surface area contributed by atoms with E-state index in [-0.39, 0.29) is 24.1 Å². The molecule has 2 fully saturated rings. The number of hydrogen-bond donors (Lipinski definition) is 3. The largest absolute Gasteiger partial charge is 0.393 e. The van der Waals surface area contributed by atoms with Crippen molar-refractivity contribution in [3.05, 3.63) is 11.6 Å². The molecule has 262 valence electrons. The highest BCUT2D eigenvalue weighted by molar-refractivity contribution is 5.97. The van der Waals surface area contributed by atoms with Gasteiger partial charge in [0.25, 0.3) is 0 Å². The van der Waals surface area contributed by atoms with E-state index in [4.69, 9.17) is 9.47 Å². The molecule has 0 radical (unpaired) electrons. The van der Waals surface area contributed by atoms with Gasteiger partial charge in [0, 0.05) is 12.8 Å². The van der Waals surface area contributed by atoms with Gasteiger partial charge in [0.2, 0.25) is 0 Å². The van der Waals surface area contributed by atoms with Crippen molar-refractivity contribution < 1.29 is 34.0 Å². The molecule has 3 aliphatic rings. The Morgan fingerprint density at radius 3 is 1.93 bits per heavy atom. The molecule has 0 aromatic carbocycles. The minimum absolute atomic E-state index is 0.173. The van der Waals surface area contributed by atoms with E-state index in [0.29, 0.717) is 50.9 Å². The summed E-state index contributed by atoms with van der Waals surface area (Å²) in [4.78, 5) is 11.9. The number of aliphatic hydroxyl groups is 3. The van der Waals surface area contributed by atoms with Gasteiger partial charge in [-0.15, -0.1) is 0 Å². The van der Waals surface area contributed by atoms with Crippen LogP contribution in [0.3, 0.4) is 0 Å². The van der Waals surface area contributed by atoms with Crippen LogP contribution in [0.5, 0.6) is 0 Å². The van der Waals surface area contributed by atoms with Crippen molar-refractivity contribution in [3.63, 3.8) is 0 Å². The Balaban J connectivity index is 1.16. The minimum atomic E-state index is -0.953. The van der Waals surface area contributed by atoms with Gasteiger partial charge in [0.05, 0.1) is 42.7 Å². The molecule has 0 spiro atoms. The molecule has 7 heteroatoms. The van der Waals surface area contributed by atoms with Gasteiger partial charge in [-0.3, -0.25) is 4.79 Å². The Kier molecular flexibility index (Phi) is 18.8. The third kappa shape index (κ3) is 14.8. The second-order valence-electron chi connectivity index (χ2n) is 14.7. The number of Topliss-reactive ketones (excluding diaryl/α,β-unsaturated/α-hetero) is 1. The van der Waals surface area contributed by atoms with Gasteiger partial charge >= 0.3 is 0 Å². The van der Waals surface area contributed by atoms with E-state index in [2.05, 4.69) is 6.92 Å². The molecule has 0 amide bonds. The van der Waals surface area contributed by atoms with Crippen LogP contribution in [0, 0.1) is 5.92 Å². The first-order valence-corrected chi connectivity index (χ1v) is 19.0. The minimum Gasteiger partial charge on any atom is -0.393 e. The number of carbonyl (C=O) groups is 1. The summed E-state index contributed by atoms with van der Waals surface area (Å²) in [7, 11) is 0. The van der Waals surface area contributed by atoms with E-state index in [1.807, 2.05) is 13.0 Å². The van der Waals surface area contributed by atoms with E-state index in [1.54, 1.807) is 0 Å². The Hall–Kier alpha value is -0.860. The first-order chi connectivity index (χ1) is 21.8. The zero-order valence-corrected chi connectivity index (χ0v) is 28.7. The molecule has 0 saturated carbocycles. The summed E-state index contributed by atoms with van der Waals surface area (Å²) in [5.41, 5.74) is 0.818. The Labute approximate surface area is 273 Å². The van der Waals surface area contributed by atoms with Crippen LogP contribution in [-0.2, 0) is 14.3 Å². The first-order valence-electron chi connectivity index (χ1n) is 19.0. The lowest BCUT2D eigenvalue weighted by atomic mass is 9.98. The molecule has 0 aromatic heterocycles. The second kappa shape index (κ2) is 21.9. The molecule has 0 bridgehead atoms. The van der Waals surface area contributed by atoms with Gasteiger partial charge in [0.1, 0.15) is 6.17 Å². The van der Waals surface area contributed by atoms with Crippen molar-refractivity contribution >= 4 is 5.78 Å². The SMILES string of the molecule is CCCCCCCCCC[C@H]([18F])[C@H]1CC[C@H]([C@H](O)CC[C@H](O)[C@@H]2CC[C@@H](CCCCCCC[C@@H](O)CC3=C[C@H](C)CC3=O)O2)O1. The molecule has 0 unspecified atom stereocenters. The van der Waals surface area contributed by atoms with Gasteiger partial charge in [-0.1, -0.05) is 103 Å². The summed E-state index contributed by atoms with van der Waals surface area (Å²) in [6, 6.07) is 0. The molecule has 3 N–H and O–H groups in total. The topological polar surface area (TPSA) is 96.2 Å². The van der Waals surface area contributed by atoms with Gasteiger partial charge in [0.15, 0.2) is 5.78 Å². The molecular formula is C38H67FO6. The normalized spacial score (nSPS) is 28.0. The number of ketones is 1. The number of allylic oxidation sites excluding steroid dienone is 1. The monoisotopic (exact) mass is 637 g/mol. The van der Waals surface area contributed by atoms with E-state index in [9.17, 15) is 24.5 Å². The number of carbonyl (C=O) groups excluding carboxylic acids is 1. The fraction of sp³-hybridized carbons (Fsp3) is 0.921. The molecule has 45 heavy (non-hydrogen) atoms. The summed E-state index contributed by atoms with van der Waals surface area (Å²) >= 11 is 0. The number of halogens is 1. The highest BCUT2D eigenvalue weighted by Crippen LogP contribution is 2.32. The van der Waals surface area contributed by atoms with Crippen molar-refractivity contribution in [2.24, 2.45) is 5.92 Å². The zero-order chi connectivity index (χ0) is 32.4. The molecule has 9 atom stereocenters. The highest BCUT2D eigenvalue weighted by atomic mass is 18.2. The smallest absolute Gasteiger partial charge is 0.159 e. The third-order valence-electron chi connectivity index (χ3n) is 10.4. The molecule has 0 aromatic rings. The van der Waals surface area contributed by atoms with E-state index in [0.717, 1.165) is 76.2 Å². The van der Waals surface area contributed by atoms with E-state index in [1.165, 1.54) is 38.5 Å². The summed E-state index contributed by atoms with van der Waals surface area (Å²) in [5.74, 6) is 0.513. The van der Waals surface area contributed by atoms with Gasteiger partial charge in [-0.05, 0) is 69.3 Å². The number of alkyl halides is 1. The predicted molar refractivity (Wildman–Crippen MR) is 179 cm³/mol. The van der Waals surface area contributed by atoms with Gasteiger partial charge < -0.3 is 24.8 Å². The molecule has 2 saturated heterocycles. The number of aliphatic hydroxyl groups excluding tert-OH is 3. The third-order valence-corrected chi connectivity index (χ3v) is 10.4. The van der Waals surface area contributed by atoms with Gasteiger partial charge in [-0.25, -0.2) is 4.39 Å². The number of unbranched alkanes of at least 4 members (excludes halogenated alkanes) is 11. The summed E-state index contributed by atoms with van der Waals surface area (Å²) in [5, 5.41) is 31.7. The van der Waals surface area contributed by atoms with Crippen LogP contribution in [0.15, 0.2) is 11.6 Å². The van der Waals surface area contributed by atoms with Crippen molar-refractivity contribution in [1.82, 2.24) is 0 Å². The average Bonchev–Trinajstić information content (AvgIpc) is 3.77. The Morgan fingerprint density at radius 1 is 0.733 bits per heavy atom. The van der Waals surface area contributed by atoms with Crippen molar-refractivity contribution in [2.75, 3.05) is 0 Å². The zero-order valence-electron chi connectivity index (χ0n) is 28.7. The summed E-state index contributed by atoms with van der Waals surface area (Å²) in [6.45, 7) is 4.28. The van der Waals surface area contributed by atoms with Crippen molar-refractivity contribution in [3.8, 4) is 0 Å². The van der Waals surface area contributed by atoms with Crippen LogP contribution >= 0.6 is 0 Å². The molecule has 6 nitrogen and oxygen atoms in total. The van der Waals surface area contributed by atoms with Gasteiger partial charge in [-0.2, -0.15) is 0 Å². The maximum absolute atomic E-state index is 14.8. The lowest BCUT2D eigenvalue weighted by molar-refractivity contribution is -0.115. The highest BCUT2D eigenvalue weighted by Gasteiger charge is 2.36. The fourth-order valence-corrected chi connectivity index (χ4v) is 7.58. The number of hydrogen-bond acceptors (Lipinski definition) is 6. The second-order valence-corrected chi connectivity index (χ2v) is 14.7. The van der Waals surface area contributed by atoms with E-state index < -0.39 is 30.6 Å². The molecule has 2 heterocycles. The lowest BCUT2D eigenvalue weighted by Gasteiger charge is -2.24. The molecule has 1 aliphatic carbocycles. The van der Waals surface area contributed by atoms with Crippen molar-refractivity contribution in [2.45, 2.75) is 217 Å². The van der Waals surface area contributed by atoms with Crippen LogP contribution in [0.25, 0.3) is 0 Å². The summed E-state index contributed by atoms with van der Waals surface area (Å²) < 4.78 is 26.9. The lowest BCUT2D eigenvalue weighted by Crippen LogP contribution is -2.32. The van der Waals surface area contributed by atoms with Crippen LogP contribution in [0.2, 0.25) is 0 Å². The first kappa shape index (κ1) is 38.6. The Morgan fingerprint density at radius 2 is 1.29 bits per heavy atom. The van der Waals surface area contributed by atoms with Crippen LogP contribution in [-0.4, -0.2) is 70.0 Å². The van der Waals surface area contributed by atoms with Crippen LogP contribution in [0.1, 0.15) is 168 Å². The maximum atomic E-state index is 14.8. The Bertz CT molecular complexity index is 835. The fourth-order valence-electron chi connectivity index (χ4n) is 7.58. The number of ether oxygens (including phenoxy) is 2. The molecular weight excluding hydrogens is 570 g/mol. The quantitative estimate of drug-likeness (QED) is 0.0869. The van der Waals surface area contributed by atoms with Crippen LogP contribution in [0.4, 0.5) is 4.39 Å². The molecule has 3 rings (SSSR count). The number of rotatable bonds is 25. The molecule has 2 aliphatic heterocycles. The van der Waals surface area contributed by atoms with Crippen molar-refractivity contribution in [1.29, 1.82) is 0 Å². The predicted octanol–water partition coefficient (Wildman–Crippen LogP) is 8.47. The standard InChI is InChI=1S/C38H67FO6/c1-3-4-5-6-7-8-12-15-18-32(39)36-23-24-38(45-36)34(42)21-20-33(41)37-22-19-31(44-37)17-14-11-9-10-13-16-30(40)27-29-25-28(2)26-35(29)43/h25,28,30-34,36-38,40-42H,3-24,26-27H2,1-2H3/t28-,30+,31+,32-,33-,34+,36+,37-,38+/m0/s1/i39-1. The van der Waals surface area contributed by atoms with E-state index >= 15 is 0 Å². The average molecular weight is 638 g/mol. The maximum Gasteiger partial charge on any atom is 0.159 e.